The van der Waals surface area contributed by atoms with Gasteiger partial charge in [-0.05, 0) is 61.8 Å². The van der Waals surface area contributed by atoms with Gasteiger partial charge in [-0.2, -0.15) is 5.10 Å². The van der Waals surface area contributed by atoms with Gasteiger partial charge in [-0.15, -0.1) is 0 Å². The van der Waals surface area contributed by atoms with Crippen molar-refractivity contribution in [3.8, 4) is 5.75 Å². The molecule has 154 valence electrons. The Labute approximate surface area is 170 Å². The number of aromatic nitrogens is 2. The lowest BCUT2D eigenvalue weighted by Gasteiger charge is -2.33. The Balaban J connectivity index is 1.56. The first-order valence-corrected chi connectivity index (χ1v) is 10.3. The molecule has 2 N–H and O–H groups in total. The molecule has 2 amide bonds. The third-order valence-electron chi connectivity index (χ3n) is 6.11. The van der Waals surface area contributed by atoms with E-state index in [4.69, 9.17) is 0 Å². The van der Waals surface area contributed by atoms with E-state index in [1.807, 2.05) is 6.07 Å². The molecule has 7 heteroatoms. The Morgan fingerprint density at radius 3 is 2.59 bits per heavy atom. The number of nitrogens with zero attached hydrogens (tertiary/aromatic N) is 3. The lowest BCUT2D eigenvalue weighted by molar-refractivity contribution is 0.0702. The van der Waals surface area contributed by atoms with Gasteiger partial charge in [0.15, 0.2) is 0 Å². The maximum absolute atomic E-state index is 13.2. The van der Waals surface area contributed by atoms with Gasteiger partial charge in [0, 0.05) is 33.1 Å². The maximum Gasteiger partial charge on any atom is 0.257 e. The number of phenolic OH excluding ortho intramolecular Hbond substituents is 1. The van der Waals surface area contributed by atoms with Crippen LogP contribution in [0.3, 0.4) is 0 Å². The number of aromatic hydroxyl groups is 1. The number of piperidine rings is 1. The molecular formula is C22H28N4O3. The molecule has 1 fully saturated rings. The quantitative estimate of drug-likeness (QED) is 0.835. The minimum Gasteiger partial charge on any atom is -0.507 e. The van der Waals surface area contributed by atoms with Crippen LogP contribution in [0.15, 0.2) is 18.3 Å². The molecule has 0 radical (unpaired) electrons. The van der Waals surface area contributed by atoms with E-state index in [1.54, 1.807) is 31.3 Å². The van der Waals surface area contributed by atoms with Crippen LogP contribution in [0.5, 0.6) is 5.75 Å². The third kappa shape index (κ3) is 3.73. The number of hydrogen-bond donors (Lipinski definition) is 2. The molecule has 1 aliphatic carbocycles. The smallest absolute Gasteiger partial charge is 0.257 e. The number of likely N-dealkylation sites (tertiary alicyclic amines) is 1. The molecule has 1 aliphatic heterocycles. The number of amides is 2. The predicted molar refractivity (Wildman–Crippen MR) is 109 cm³/mol. The van der Waals surface area contributed by atoms with Gasteiger partial charge in [-0.25, -0.2) is 0 Å². The van der Waals surface area contributed by atoms with Crippen molar-refractivity contribution in [3.05, 3.63) is 46.3 Å². The number of H-pyrrole nitrogens is 1. The average molecular weight is 396 g/mol. The van der Waals surface area contributed by atoms with Crippen LogP contribution < -0.4 is 0 Å². The van der Waals surface area contributed by atoms with E-state index >= 15 is 0 Å². The van der Waals surface area contributed by atoms with Crippen LogP contribution in [-0.4, -0.2) is 64.1 Å². The summed E-state index contributed by atoms with van der Waals surface area (Å²) in [6, 6.07) is 3.65. The zero-order valence-corrected chi connectivity index (χ0v) is 17.1. The molecule has 4 rings (SSSR count). The first-order chi connectivity index (χ1) is 14.0. The minimum atomic E-state index is -0.138. The monoisotopic (exact) mass is 396 g/mol. The largest absolute Gasteiger partial charge is 0.507 e. The summed E-state index contributed by atoms with van der Waals surface area (Å²) in [4.78, 5) is 29.0. The standard InChI is InChI=1S/C22H28N4O3/c1-25(2)21(28)18-12-23-24-20(18)16-8-5-9-26(13-16)22(29)17-10-14-6-3-4-7-15(14)11-19(17)27/h10-12,16,27H,3-9,13H2,1-2H3,(H,23,24)/t16-/m0/s1. The van der Waals surface area contributed by atoms with Crippen LogP contribution in [0.1, 0.15) is 69.1 Å². The molecule has 29 heavy (non-hydrogen) atoms. The molecule has 0 unspecified atom stereocenters. The number of carbonyl (C=O) groups excluding carboxylic acids is 2. The molecule has 0 saturated carbocycles. The summed E-state index contributed by atoms with van der Waals surface area (Å²) in [5.74, 6) is -0.137. The number of carbonyl (C=O) groups is 2. The summed E-state index contributed by atoms with van der Waals surface area (Å²) >= 11 is 0. The van der Waals surface area contributed by atoms with Crippen LogP contribution >= 0.6 is 0 Å². The van der Waals surface area contributed by atoms with E-state index in [9.17, 15) is 14.7 Å². The fourth-order valence-electron chi connectivity index (χ4n) is 4.53. The highest BCUT2D eigenvalue weighted by Gasteiger charge is 2.31. The van der Waals surface area contributed by atoms with Crippen molar-refractivity contribution in [2.45, 2.75) is 44.4 Å². The van der Waals surface area contributed by atoms with Crippen molar-refractivity contribution in [2.24, 2.45) is 0 Å². The highest BCUT2D eigenvalue weighted by Crippen LogP contribution is 2.32. The van der Waals surface area contributed by atoms with E-state index in [1.165, 1.54) is 10.5 Å². The number of aryl methyl sites for hydroxylation is 2. The van der Waals surface area contributed by atoms with E-state index in [0.717, 1.165) is 49.8 Å². The molecule has 1 saturated heterocycles. The summed E-state index contributed by atoms with van der Waals surface area (Å²) in [7, 11) is 3.43. The molecule has 1 atom stereocenters. The molecule has 7 nitrogen and oxygen atoms in total. The summed E-state index contributed by atoms with van der Waals surface area (Å²) in [6.45, 7) is 1.15. The first-order valence-electron chi connectivity index (χ1n) is 10.3. The summed E-state index contributed by atoms with van der Waals surface area (Å²) < 4.78 is 0. The van der Waals surface area contributed by atoms with Crippen LogP contribution in [0, 0.1) is 0 Å². The average Bonchev–Trinajstić information content (AvgIpc) is 3.22. The summed E-state index contributed by atoms with van der Waals surface area (Å²) in [6.07, 6.45) is 7.47. The van der Waals surface area contributed by atoms with E-state index in [-0.39, 0.29) is 23.5 Å². The van der Waals surface area contributed by atoms with Crippen molar-refractivity contribution in [1.29, 1.82) is 0 Å². The molecule has 1 aromatic heterocycles. The SMILES string of the molecule is CN(C)C(=O)c1cn[nH]c1[C@H]1CCCN(C(=O)c2cc3c(cc2O)CCCC3)C1. The van der Waals surface area contributed by atoms with E-state index < -0.39 is 0 Å². The minimum absolute atomic E-state index is 0.0221. The third-order valence-corrected chi connectivity index (χ3v) is 6.11. The van der Waals surface area contributed by atoms with Crippen LogP contribution in [0.4, 0.5) is 0 Å². The van der Waals surface area contributed by atoms with Gasteiger partial charge in [0.2, 0.25) is 0 Å². The molecule has 0 bridgehead atoms. The Hall–Kier alpha value is -2.83. The van der Waals surface area contributed by atoms with Crippen molar-refractivity contribution < 1.29 is 14.7 Å². The number of aromatic amines is 1. The fourth-order valence-corrected chi connectivity index (χ4v) is 4.53. The zero-order chi connectivity index (χ0) is 20.5. The van der Waals surface area contributed by atoms with Crippen molar-refractivity contribution in [2.75, 3.05) is 27.2 Å². The summed E-state index contributed by atoms with van der Waals surface area (Å²) in [5.41, 5.74) is 4.08. The molecule has 2 heterocycles. The van der Waals surface area contributed by atoms with E-state index in [0.29, 0.717) is 24.2 Å². The van der Waals surface area contributed by atoms with Gasteiger partial charge in [-0.3, -0.25) is 14.7 Å². The predicted octanol–water partition coefficient (Wildman–Crippen LogP) is 2.72. The van der Waals surface area contributed by atoms with Gasteiger partial charge in [0.25, 0.3) is 11.8 Å². The molecule has 2 aromatic rings. The lowest BCUT2D eigenvalue weighted by Crippen LogP contribution is -2.39. The highest BCUT2D eigenvalue weighted by molar-refractivity contribution is 5.97. The summed E-state index contributed by atoms with van der Waals surface area (Å²) in [5, 5.41) is 17.5. The Morgan fingerprint density at radius 1 is 1.14 bits per heavy atom. The number of fused-ring (bicyclic) bond motifs is 1. The second-order valence-electron chi connectivity index (χ2n) is 8.33. The molecular weight excluding hydrogens is 368 g/mol. The zero-order valence-electron chi connectivity index (χ0n) is 17.1. The van der Waals surface area contributed by atoms with Gasteiger partial charge in [0.1, 0.15) is 5.75 Å². The first kappa shape index (κ1) is 19.5. The van der Waals surface area contributed by atoms with Gasteiger partial charge in [0.05, 0.1) is 23.0 Å². The lowest BCUT2D eigenvalue weighted by atomic mass is 9.89. The van der Waals surface area contributed by atoms with Gasteiger partial charge >= 0.3 is 0 Å². The Kier molecular flexibility index (Phi) is 5.30. The number of phenols is 1. The van der Waals surface area contributed by atoms with Crippen molar-refractivity contribution in [3.63, 3.8) is 0 Å². The van der Waals surface area contributed by atoms with Crippen LogP contribution in [0.25, 0.3) is 0 Å². The van der Waals surface area contributed by atoms with Gasteiger partial charge in [-0.1, -0.05) is 0 Å². The fraction of sp³-hybridized carbons (Fsp3) is 0.500. The molecule has 2 aliphatic rings. The van der Waals surface area contributed by atoms with Crippen LogP contribution in [-0.2, 0) is 12.8 Å². The van der Waals surface area contributed by atoms with Crippen molar-refractivity contribution in [1.82, 2.24) is 20.0 Å². The number of benzene rings is 1. The topological polar surface area (TPSA) is 89.5 Å². The number of nitrogens with one attached hydrogen (secondary N) is 1. The Bertz CT molecular complexity index is 934. The normalized spacial score (nSPS) is 19.0. The molecule has 1 aromatic carbocycles. The maximum atomic E-state index is 13.2. The van der Waals surface area contributed by atoms with Crippen LogP contribution in [0.2, 0.25) is 0 Å². The van der Waals surface area contributed by atoms with E-state index in [2.05, 4.69) is 10.2 Å². The second-order valence-corrected chi connectivity index (χ2v) is 8.33. The Morgan fingerprint density at radius 2 is 1.86 bits per heavy atom. The number of rotatable bonds is 3. The van der Waals surface area contributed by atoms with Crippen molar-refractivity contribution >= 4 is 11.8 Å². The highest BCUT2D eigenvalue weighted by atomic mass is 16.3. The second kappa shape index (κ2) is 7.89. The number of hydrogen-bond acceptors (Lipinski definition) is 4. The van der Waals surface area contributed by atoms with Gasteiger partial charge < -0.3 is 14.9 Å². The molecule has 0 spiro atoms.